The van der Waals surface area contributed by atoms with Crippen LogP contribution in [0.25, 0.3) is 0 Å². The van der Waals surface area contributed by atoms with Gasteiger partial charge in [-0.3, -0.25) is 4.31 Å². The molecule has 7 heteroatoms. The number of aryl methyl sites for hydroxylation is 1. The van der Waals surface area contributed by atoms with E-state index in [2.05, 4.69) is 0 Å². The van der Waals surface area contributed by atoms with Crippen LogP contribution >= 0.6 is 0 Å². The molecular weight excluding hydrogens is 345 g/mol. The normalized spacial score (nSPS) is 12.6. The van der Waals surface area contributed by atoms with Crippen LogP contribution in [0, 0.1) is 5.82 Å². The third-order valence-corrected chi connectivity index (χ3v) is 5.10. The average Bonchev–Trinajstić information content (AvgIpc) is 2.55. The van der Waals surface area contributed by atoms with Gasteiger partial charge < -0.3 is 5.11 Å². The number of halogens is 1. The highest BCUT2D eigenvalue weighted by molar-refractivity contribution is 7.92. The van der Waals surface area contributed by atoms with Gasteiger partial charge in [-0.1, -0.05) is 31.2 Å². The third-order valence-electron chi connectivity index (χ3n) is 3.92. The van der Waals surface area contributed by atoms with Crippen LogP contribution < -0.4 is 4.31 Å². The molecule has 0 aliphatic rings. The van der Waals surface area contributed by atoms with E-state index in [1.54, 1.807) is 12.1 Å². The van der Waals surface area contributed by atoms with E-state index in [9.17, 15) is 22.7 Å². The van der Waals surface area contributed by atoms with Gasteiger partial charge in [0, 0.05) is 6.42 Å². The number of carboxylic acid groups (broad SMARTS) is 1. The fourth-order valence-electron chi connectivity index (χ4n) is 2.77. The van der Waals surface area contributed by atoms with Crippen molar-refractivity contribution in [1.29, 1.82) is 0 Å². The molecule has 2 aromatic rings. The zero-order valence-corrected chi connectivity index (χ0v) is 14.8. The summed E-state index contributed by atoms with van der Waals surface area (Å²) >= 11 is 0. The van der Waals surface area contributed by atoms with Crippen molar-refractivity contribution in [1.82, 2.24) is 0 Å². The predicted molar refractivity (Wildman–Crippen MR) is 94.7 cm³/mol. The van der Waals surface area contributed by atoms with E-state index >= 15 is 0 Å². The molecule has 0 bridgehead atoms. The molecule has 2 rings (SSSR count). The van der Waals surface area contributed by atoms with Crippen molar-refractivity contribution in [2.45, 2.75) is 25.8 Å². The maximum absolute atomic E-state index is 13.2. The van der Waals surface area contributed by atoms with Crippen LogP contribution in [0.2, 0.25) is 0 Å². The molecular formula is C18H20FNO4S. The van der Waals surface area contributed by atoms with Crippen molar-refractivity contribution in [2.24, 2.45) is 0 Å². The Labute approximate surface area is 146 Å². The highest BCUT2D eigenvalue weighted by Crippen LogP contribution is 2.24. The Kier molecular flexibility index (Phi) is 5.79. The molecule has 0 radical (unpaired) electrons. The Morgan fingerprint density at radius 2 is 1.68 bits per heavy atom. The van der Waals surface area contributed by atoms with E-state index < -0.39 is 27.9 Å². The largest absolute Gasteiger partial charge is 0.480 e. The molecule has 1 atom stereocenters. The highest BCUT2D eigenvalue weighted by Gasteiger charge is 2.33. The Morgan fingerprint density at radius 1 is 1.12 bits per heavy atom. The molecule has 2 aromatic carbocycles. The Bertz CT molecular complexity index is 850. The Balaban J connectivity index is 2.50. The van der Waals surface area contributed by atoms with Gasteiger partial charge in [0.15, 0.2) is 0 Å². The van der Waals surface area contributed by atoms with Crippen molar-refractivity contribution in [2.75, 3.05) is 10.6 Å². The summed E-state index contributed by atoms with van der Waals surface area (Å²) in [6.07, 6.45) is 1.67. The lowest BCUT2D eigenvalue weighted by molar-refractivity contribution is -0.138. The topological polar surface area (TPSA) is 74.7 Å². The van der Waals surface area contributed by atoms with Crippen molar-refractivity contribution in [3.8, 4) is 0 Å². The molecule has 5 nitrogen and oxygen atoms in total. The zero-order valence-electron chi connectivity index (χ0n) is 14.0. The van der Waals surface area contributed by atoms with Crippen LogP contribution in [0.3, 0.4) is 0 Å². The van der Waals surface area contributed by atoms with Gasteiger partial charge in [0.05, 0.1) is 11.9 Å². The summed E-state index contributed by atoms with van der Waals surface area (Å²) in [7, 11) is -3.88. The van der Waals surface area contributed by atoms with Crippen molar-refractivity contribution in [3.63, 3.8) is 0 Å². The summed E-state index contributed by atoms with van der Waals surface area (Å²) in [4.78, 5) is 11.9. The summed E-state index contributed by atoms with van der Waals surface area (Å²) in [6, 6.07) is 10.7. The van der Waals surface area contributed by atoms with Gasteiger partial charge in [0.1, 0.15) is 11.9 Å². The molecule has 0 aliphatic carbocycles. The monoisotopic (exact) mass is 365 g/mol. The Hall–Kier alpha value is -2.41. The summed E-state index contributed by atoms with van der Waals surface area (Å²) in [6.45, 7) is 1.95. The standard InChI is InChI=1S/C18H20FNO4S/c1-3-13-6-4-5-7-14(13)12-17(18(21)22)20(25(2,23)24)16-10-8-15(19)9-11-16/h4-11,17H,3,12H2,1-2H3,(H,21,22)/t17-/m1/s1. The van der Waals surface area contributed by atoms with Gasteiger partial charge in [-0.05, 0) is 41.8 Å². The number of benzene rings is 2. The van der Waals surface area contributed by atoms with Crippen LogP contribution in [0.5, 0.6) is 0 Å². The molecule has 0 aromatic heterocycles. The second-order valence-corrected chi connectivity index (χ2v) is 7.58. The quantitative estimate of drug-likeness (QED) is 0.819. The van der Waals surface area contributed by atoms with E-state index in [-0.39, 0.29) is 12.1 Å². The minimum Gasteiger partial charge on any atom is -0.480 e. The predicted octanol–water partition coefficient (Wildman–Crippen LogP) is 2.85. The number of sulfonamides is 1. The molecule has 0 spiro atoms. The number of hydrogen-bond acceptors (Lipinski definition) is 3. The van der Waals surface area contributed by atoms with Gasteiger partial charge in [-0.25, -0.2) is 17.6 Å². The number of nitrogens with zero attached hydrogens (tertiary/aromatic N) is 1. The lowest BCUT2D eigenvalue weighted by Gasteiger charge is -2.29. The first kappa shape index (κ1) is 18.9. The van der Waals surface area contributed by atoms with E-state index in [0.717, 1.165) is 33.8 Å². The number of rotatable bonds is 7. The van der Waals surface area contributed by atoms with Crippen LogP contribution in [-0.4, -0.2) is 31.8 Å². The summed E-state index contributed by atoms with van der Waals surface area (Å²) < 4.78 is 38.6. The molecule has 0 unspecified atom stereocenters. The SMILES string of the molecule is CCc1ccccc1C[C@H](C(=O)O)N(c1ccc(F)cc1)S(C)(=O)=O. The summed E-state index contributed by atoms with van der Waals surface area (Å²) in [5.74, 6) is -1.79. The minimum atomic E-state index is -3.88. The second kappa shape index (κ2) is 7.65. The number of carboxylic acids is 1. The minimum absolute atomic E-state index is 0.0177. The molecule has 25 heavy (non-hydrogen) atoms. The third kappa shape index (κ3) is 4.57. The fraction of sp³-hybridized carbons (Fsp3) is 0.278. The van der Waals surface area contributed by atoms with E-state index in [0.29, 0.717) is 6.42 Å². The summed E-state index contributed by atoms with van der Waals surface area (Å²) in [5, 5.41) is 9.67. The van der Waals surface area contributed by atoms with Gasteiger partial charge in [-0.15, -0.1) is 0 Å². The molecule has 0 heterocycles. The van der Waals surface area contributed by atoms with Crippen molar-refractivity contribution >= 4 is 21.7 Å². The second-order valence-electron chi connectivity index (χ2n) is 5.72. The van der Waals surface area contributed by atoms with Gasteiger partial charge >= 0.3 is 5.97 Å². The van der Waals surface area contributed by atoms with Crippen molar-refractivity contribution < 1.29 is 22.7 Å². The number of aliphatic carboxylic acids is 1. The molecule has 1 N–H and O–H groups in total. The number of anilines is 1. The maximum atomic E-state index is 13.2. The maximum Gasteiger partial charge on any atom is 0.327 e. The molecule has 0 saturated heterocycles. The first-order valence-corrected chi connectivity index (χ1v) is 9.63. The molecule has 134 valence electrons. The molecule has 0 fully saturated rings. The summed E-state index contributed by atoms with van der Waals surface area (Å²) in [5.41, 5.74) is 1.85. The van der Waals surface area contributed by atoms with Gasteiger partial charge in [0.25, 0.3) is 0 Å². The molecule has 0 aliphatic heterocycles. The number of hydrogen-bond donors (Lipinski definition) is 1. The van der Waals surface area contributed by atoms with E-state index in [4.69, 9.17) is 0 Å². The smallest absolute Gasteiger partial charge is 0.327 e. The van der Waals surface area contributed by atoms with Crippen LogP contribution in [0.15, 0.2) is 48.5 Å². The van der Waals surface area contributed by atoms with Crippen molar-refractivity contribution in [3.05, 3.63) is 65.5 Å². The Morgan fingerprint density at radius 3 is 2.16 bits per heavy atom. The van der Waals surface area contributed by atoms with Crippen LogP contribution in [0.4, 0.5) is 10.1 Å². The van der Waals surface area contributed by atoms with E-state index in [1.807, 2.05) is 19.1 Å². The van der Waals surface area contributed by atoms with Crippen LogP contribution in [0.1, 0.15) is 18.1 Å². The highest BCUT2D eigenvalue weighted by atomic mass is 32.2. The molecule has 0 saturated carbocycles. The van der Waals surface area contributed by atoms with Gasteiger partial charge in [-0.2, -0.15) is 0 Å². The first-order valence-electron chi connectivity index (χ1n) is 7.78. The zero-order chi connectivity index (χ0) is 18.6. The first-order chi connectivity index (χ1) is 11.7. The lowest BCUT2D eigenvalue weighted by atomic mass is 9.98. The average molecular weight is 365 g/mol. The van der Waals surface area contributed by atoms with E-state index in [1.165, 1.54) is 12.1 Å². The van der Waals surface area contributed by atoms with Gasteiger partial charge in [0.2, 0.25) is 10.0 Å². The molecule has 0 amide bonds. The number of carbonyl (C=O) groups is 1. The van der Waals surface area contributed by atoms with Crippen LogP contribution in [-0.2, 0) is 27.7 Å². The lowest BCUT2D eigenvalue weighted by Crippen LogP contribution is -2.46. The fourth-order valence-corrected chi connectivity index (χ4v) is 3.90.